The number of rotatable bonds is 5. The van der Waals surface area contributed by atoms with Crippen molar-refractivity contribution in [1.82, 2.24) is 15.0 Å². The van der Waals surface area contributed by atoms with Crippen molar-refractivity contribution in [3.63, 3.8) is 0 Å². The van der Waals surface area contributed by atoms with Gasteiger partial charge >= 0.3 is 0 Å². The van der Waals surface area contributed by atoms with E-state index in [1.807, 2.05) is 0 Å². The third-order valence-electron chi connectivity index (χ3n) is 12.5. The van der Waals surface area contributed by atoms with Gasteiger partial charge in [-0.05, 0) is 108 Å². The first-order chi connectivity index (χ1) is 30.2. The summed E-state index contributed by atoms with van der Waals surface area (Å²) in [5.41, 5.74) is 18.5. The molecule has 0 fully saturated rings. The Labute approximate surface area is 355 Å². The molecule has 0 N–H and O–H groups in total. The van der Waals surface area contributed by atoms with Gasteiger partial charge in [-0.2, -0.15) is 0 Å². The summed E-state index contributed by atoms with van der Waals surface area (Å²) in [6.07, 6.45) is 0. The lowest BCUT2D eigenvalue weighted by Gasteiger charge is -2.34. The number of hydrogen-bond donors (Lipinski definition) is 0. The Kier molecular flexibility index (Phi) is 8.07. The highest BCUT2D eigenvalue weighted by Gasteiger charge is 2.47. The lowest BCUT2D eigenvalue weighted by Crippen LogP contribution is -2.28. The quantitative estimate of drug-likeness (QED) is 0.175. The van der Waals surface area contributed by atoms with Gasteiger partial charge in [-0.3, -0.25) is 0 Å². The molecule has 1 aromatic heterocycles. The van der Waals surface area contributed by atoms with E-state index in [9.17, 15) is 0 Å². The van der Waals surface area contributed by atoms with Crippen LogP contribution in [0.2, 0.25) is 0 Å². The molecule has 3 nitrogen and oxygen atoms in total. The molecule has 1 aliphatic heterocycles. The Balaban J connectivity index is 1.20. The van der Waals surface area contributed by atoms with E-state index in [1.165, 1.54) is 33.4 Å². The van der Waals surface area contributed by atoms with Gasteiger partial charge in [-0.15, -0.1) is 0 Å². The summed E-state index contributed by atoms with van der Waals surface area (Å²) in [6, 6.07) is 80.9. The van der Waals surface area contributed by atoms with Gasteiger partial charge in [0.05, 0.1) is 5.41 Å². The highest BCUT2D eigenvalue weighted by Crippen LogP contribution is 2.59. The van der Waals surface area contributed by atoms with E-state index in [1.54, 1.807) is 0 Å². The molecule has 0 unspecified atom stereocenters. The average molecular weight is 776 g/mol. The van der Waals surface area contributed by atoms with Crippen LogP contribution in [0, 0.1) is 0 Å². The number of hydrogen-bond acceptors (Lipinski definition) is 3. The highest BCUT2D eigenvalue weighted by atomic mass is 15.0. The maximum absolute atomic E-state index is 5.49. The van der Waals surface area contributed by atoms with Gasteiger partial charge < -0.3 is 0 Å². The van der Waals surface area contributed by atoms with Gasteiger partial charge in [0, 0.05) is 16.7 Å². The molecule has 2 heterocycles. The van der Waals surface area contributed by atoms with Crippen LogP contribution in [0.1, 0.15) is 22.3 Å². The number of aromatic nitrogens is 3. The first-order valence-electron chi connectivity index (χ1n) is 20.8. The van der Waals surface area contributed by atoms with E-state index in [-0.39, 0.29) is 0 Å². The second kappa shape index (κ2) is 14.1. The van der Waals surface area contributed by atoms with Crippen LogP contribution in [0.25, 0.3) is 89.8 Å². The second-order valence-electron chi connectivity index (χ2n) is 15.9. The Morgan fingerprint density at radius 2 is 0.689 bits per heavy atom. The zero-order valence-electron chi connectivity index (χ0n) is 33.2. The van der Waals surface area contributed by atoms with Crippen LogP contribution < -0.4 is 0 Å². The maximum atomic E-state index is 5.49. The van der Waals surface area contributed by atoms with Crippen molar-refractivity contribution >= 4 is 0 Å². The molecule has 0 atom stereocenters. The van der Waals surface area contributed by atoms with Crippen LogP contribution in [0.4, 0.5) is 0 Å². The van der Waals surface area contributed by atoms with E-state index in [4.69, 9.17) is 15.0 Å². The Morgan fingerprint density at radius 3 is 1.31 bits per heavy atom. The third kappa shape index (κ3) is 5.62. The van der Waals surface area contributed by atoms with Gasteiger partial charge in [0.15, 0.2) is 17.5 Å². The van der Waals surface area contributed by atoms with Crippen LogP contribution in [0.3, 0.4) is 0 Å². The highest BCUT2D eigenvalue weighted by molar-refractivity contribution is 5.97. The molecule has 6 bridgehead atoms. The first kappa shape index (κ1) is 35.0. The molecule has 61 heavy (non-hydrogen) atoms. The van der Waals surface area contributed by atoms with E-state index >= 15 is 0 Å². The van der Waals surface area contributed by atoms with Gasteiger partial charge in [0.2, 0.25) is 0 Å². The average Bonchev–Trinajstić information content (AvgIpc) is 3.65. The molecule has 10 aromatic rings. The molecule has 284 valence electrons. The molecule has 12 rings (SSSR count). The second-order valence-corrected chi connectivity index (χ2v) is 15.9. The van der Waals surface area contributed by atoms with E-state index in [2.05, 4.69) is 224 Å². The van der Waals surface area contributed by atoms with Crippen molar-refractivity contribution < 1.29 is 0 Å². The SMILES string of the molecule is c1ccc(-c2cc(-c3ccccc3)cc(-c3nc4nc(n3)-c3cccc5c3-c3cc(ccc3C5(c3ccccc3)c3ccccc3)-c3ccccc3-c3cccc-4c3)c2)cc1. The fourth-order valence-electron chi connectivity index (χ4n) is 9.82. The van der Waals surface area contributed by atoms with Gasteiger partial charge in [0.1, 0.15) is 0 Å². The molecule has 0 amide bonds. The van der Waals surface area contributed by atoms with E-state index in [0.29, 0.717) is 17.5 Å². The molecule has 0 spiro atoms. The standard InChI is InChI=1S/C58H37N3/c1-5-17-38(18-6-1)43-34-44(39-19-7-2-8-20-39)36-45(35-43)56-59-55-42-22-15-21-40(33-42)48-27-13-14-28-49(48)41-31-32-52-51(37-41)54-50(57(60-55)61-56)29-16-30-53(54)58(52,46-23-9-3-10-24-46)47-25-11-4-12-26-47/h1-37H. The zero-order valence-corrected chi connectivity index (χ0v) is 33.2. The fourth-order valence-corrected chi connectivity index (χ4v) is 9.82. The van der Waals surface area contributed by atoms with Gasteiger partial charge in [-0.1, -0.05) is 194 Å². The summed E-state index contributed by atoms with van der Waals surface area (Å²) in [6.45, 7) is 0. The van der Waals surface area contributed by atoms with Crippen molar-refractivity contribution in [1.29, 1.82) is 0 Å². The maximum Gasteiger partial charge on any atom is 0.164 e. The van der Waals surface area contributed by atoms with Crippen LogP contribution >= 0.6 is 0 Å². The van der Waals surface area contributed by atoms with E-state index in [0.717, 1.165) is 61.2 Å². The largest absolute Gasteiger partial charge is 0.208 e. The Bertz CT molecular complexity index is 3190. The topological polar surface area (TPSA) is 38.7 Å². The zero-order chi connectivity index (χ0) is 40.3. The van der Waals surface area contributed by atoms with Crippen molar-refractivity contribution in [2.24, 2.45) is 0 Å². The molecule has 9 aromatic carbocycles. The summed E-state index contributed by atoms with van der Waals surface area (Å²) < 4.78 is 0. The van der Waals surface area contributed by atoms with Gasteiger partial charge in [0.25, 0.3) is 0 Å². The molecule has 1 aliphatic carbocycles. The molecular weight excluding hydrogens is 739 g/mol. The van der Waals surface area contributed by atoms with Gasteiger partial charge in [-0.25, -0.2) is 15.0 Å². The summed E-state index contributed by atoms with van der Waals surface area (Å²) in [4.78, 5) is 16.3. The normalized spacial score (nSPS) is 12.7. The molecule has 2 aliphatic rings. The van der Waals surface area contributed by atoms with Crippen LogP contribution in [-0.2, 0) is 5.41 Å². The minimum absolute atomic E-state index is 0.587. The van der Waals surface area contributed by atoms with Crippen LogP contribution in [0.5, 0.6) is 0 Å². The predicted molar refractivity (Wildman–Crippen MR) is 249 cm³/mol. The van der Waals surface area contributed by atoms with Crippen LogP contribution in [-0.4, -0.2) is 15.0 Å². The summed E-state index contributed by atoms with van der Waals surface area (Å²) in [7, 11) is 0. The summed E-state index contributed by atoms with van der Waals surface area (Å²) in [5.74, 6) is 1.89. The summed E-state index contributed by atoms with van der Waals surface area (Å²) >= 11 is 0. The predicted octanol–water partition coefficient (Wildman–Crippen LogP) is 14.2. The number of nitrogens with zero attached hydrogens (tertiary/aromatic N) is 3. The fraction of sp³-hybridized carbons (Fsp3) is 0.0172. The van der Waals surface area contributed by atoms with E-state index < -0.39 is 5.41 Å². The smallest absolute Gasteiger partial charge is 0.164 e. The summed E-state index contributed by atoms with van der Waals surface area (Å²) in [5, 5.41) is 0. The lowest BCUT2D eigenvalue weighted by molar-refractivity contribution is 0.768. The minimum Gasteiger partial charge on any atom is -0.208 e. The number of fused-ring (bicyclic) bond motifs is 10. The number of benzene rings is 9. The monoisotopic (exact) mass is 775 g/mol. The molecule has 0 radical (unpaired) electrons. The van der Waals surface area contributed by atoms with Crippen LogP contribution in [0.15, 0.2) is 224 Å². The Hall–Kier alpha value is -8.01. The third-order valence-corrected chi connectivity index (χ3v) is 12.5. The first-order valence-corrected chi connectivity index (χ1v) is 20.8. The molecule has 0 saturated carbocycles. The van der Waals surface area contributed by atoms with Crippen molar-refractivity contribution in [3.05, 3.63) is 247 Å². The van der Waals surface area contributed by atoms with Crippen molar-refractivity contribution in [2.75, 3.05) is 0 Å². The lowest BCUT2D eigenvalue weighted by atomic mass is 9.67. The van der Waals surface area contributed by atoms with Crippen molar-refractivity contribution in [3.8, 4) is 89.8 Å². The van der Waals surface area contributed by atoms with Crippen molar-refractivity contribution in [2.45, 2.75) is 5.41 Å². The Morgan fingerprint density at radius 1 is 0.246 bits per heavy atom. The minimum atomic E-state index is -0.587. The molecule has 0 saturated heterocycles. The molecule has 3 heteroatoms. The molecular formula is C58H37N3.